The Labute approximate surface area is 312 Å². The molecule has 51 heavy (non-hydrogen) atoms. The molecule has 2 amide bonds. The molecule has 4 heterocycles. The minimum absolute atomic E-state index is 0.0370. The highest BCUT2D eigenvalue weighted by atomic mass is 32.2. The molecular weight excluding hydrogens is 673 g/mol. The van der Waals surface area contributed by atoms with Gasteiger partial charge in [0.05, 0.1) is 33.7 Å². The number of likely N-dealkylation sites (tertiary alicyclic amines) is 2. The van der Waals surface area contributed by atoms with Gasteiger partial charge in [-0.25, -0.2) is 9.97 Å². The summed E-state index contributed by atoms with van der Waals surface area (Å²) in [7, 11) is 0. The molecule has 2 aliphatic rings. The largest absolute Gasteiger partial charge is 0.340 e. The van der Waals surface area contributed by atoms with Crippen molar-refractivity contribution >= 4 is 47.2 Å². The van der Waals surface area contributed by atoms with Gasteiger partial charge < -0.3 is 19.8 Å². The molecule has 2 aromatic heterocycles. The fourth-order valence-electron chi connectivity index (χ4n) is 7.35. The van der Waals surface area contributed by atoms with Crippen molar-refractivity contribution in [1.82, 2.24) is 29.7 Å². The number of amides is 2. The summed E-state index contributed by atoms with van der Waals surface area (Å²) in [5.74, 6) is 9.34. The van der Waals surface area contributed by atoms with Crippen molar-refractivity contribution in [3.63, 3.8) is 0 Å². The SMILES string of the molecule is CSC(C)(C(=O)N1CCCC1c1ncc(-c2ccc(C#Cc3ccc4nc(C5(S)CCCN5C(=O)C(C)C(C)C(C)C)[nH]c4c3)cc2)[nH]1)C(C)C. The Morgan fingerprint density at radius 1 is 1.00 bits per heavy atom. The van der Waals surface area contributed by atoms with E-state index in [1.807, 2.05) is 59.5 Å². The quantitative estimate of drug-likeness (QED) is 0.119. The lowest BCUT2D eigenvalue weighted by Gasteiger charge is -2.36. The summed E-state index contributed by atoms with van der Waals surface area (Å²) in [5.41, 5.74) is 5.43. The molecule has 5 unspecified atom stereocenters. The standard InChI is InChI=1S/C41H52N6O2S2/c1-25(2)27(5)28(6)37(48)47-22-10-20-41(47,50)38-44-32-19-16-30(23-33(32)45-38)13-12-29-14-17-31(18-15-29)34-24-42-36(43-34)35-11-9-21-46(35)39(49)40(7,51-8)26(3)4/h14-19,23-28,35,50H,9-11,20-22H2,1-8H3,(H,42,43)(H,44,45). The third-order valence-electron chi connectivity index (χ3n) is 11.6. The number of aromatic nitrogens is 4. The van der Waals surface area contributed by atoms with Crippen LogP contribution in [-0.4, -0.2) is 65.6 Å². The first-order chi connectivity index (χ1) is 24.3. The van der Waals surface area contributed by atoms with E-state index in [1.165, 1.54) is 0 Å². The van der Waals surface area contributed by atoms with Crippen molar-refractivity contribution in [2.45, 2.75) is 89.8 Å². The average molecular weight is 725 g/mol. The fraction of sp³-hybridized carbons (Fsp3) is 0.512. The molecular formula is C41H52N6O2S2. The molecule has 10 heteroatoms. The number of carbonyl (C=O) groups is 2. The Balaban J connectivity index is 1.15. The summed E-state index contributed by atoms with van der Waals surface area (Å²) in [6.45, 7) is 16.3. The number of thiol groups is 1. The lowest BCUT2D eigenvalue weighted by atomic mass is 9.85. The molecule has 2 fully saturated rings. The second-order valence-electron chi connectivity index (χ2n) is 15.3. The lowest BCUT2D eigenvalue weighted by molar-refractivity contribution is -0.139. The molecule has 2 aliphatic heterocycles. The highest BCUT2D eigenvalue weighted by Crippen LogP contribution is 2.43. The van der Waals surface area contributed by atoms with E-state index in [-0.39, 0.29) is 35.6 Å². The van der Waals surface area contributed by atoms with Crippen molar-refractivity contribution in [3.05, 3.63) is 71.4 Å². The molecule has 270 valence electrons. The number of nitrogens with zero attached hydrogens (tertiary/aromatic N) is 4. The lowest BCUT2D eigenvalue weighted by Crippen LogP contribution is -2.47. The van der Waals surface area contributed by atoms with Crippen LogP contribution in [0.5, 0.6) is 0 Å². The summed E-state index contributed by atoms with van der Waals surface area (Å²) in [6, 6.07) is 14.1. The zero-order chi connectivity index (χ0) is 36.7. The van der Waals surface area contributed by atoms with Crippen LogP contribution in [0.3, 0.4) is 0 Å². The van der Waals surface area contributed by atoms with Gasteiger partial charge in [0.1, 0.15) is 16.5 Å². The van der Waals surface area contributed by atoms with Crippen LogP contribution in [0.2, 0.25) is 0 Å². The number of imidazole rings is 2. The maximum Gasteiger partial charge on any atom is 0.239 e. The number of fused-ring (bicyclic) bond motifs is 1. The van der Waals surface area contributed by atoms with Crippen LogP contribution in [0.25, 0.3) is 22.3 Å². The zero-order valence-electron chi connectivity index (χ0n) is 31.2. The van der Waals surface area contributed by atoms with Crippen molar-refractivity contribution in [2.75, 3.05) is 19.3 Å². The van der Waals surface area contributed by atoms with Crippen LogP contribution < -0.4 is 0 Å². The number of nitrogens with one attached hydrogen (secondary N) is 2. The molecule has 0 bridgehead atoms. The maximum absolute atomic E-state index is 13.7. The maximum atomic E-state index is 13.7. The number of thioether (sulfide) groups is 1. The molecule has 6 rings (SSSR count). The Morgan fingerprint density at radius 3 is 2.39 bits per heavy atom. The predicted molar refractivity (Wildman–Crippen MR) is 211 cm³/mol. The number of aromatic amines is 2. The smallest absolute Gasteiger partial charge is 0.239 e. The molecule has 2 saturated heterocycles. The monoisotopic (exact) mass is 724 g/mol. The molecule has 8 nitrogen and oxygen atoms in total. The van der Waals surface area contributed by atoms with Crippen molar-refractivity contribution < 1.29 is 9.59 Å². The van der Waals surface area contributed by atoms with E-state index in [0.29, 0.717) is 18.3 Å². The van der Waals surface area contributed by atoms with Crippen LogP contribution in [-0.2, 0) is 14.5 Å². The molecule has 2 N–H and O–H groups in total. The van der Waals surface area contributed by atoms with Gasteiger partial charge in [-0.2, -0.15) is 0 Å². The molecule has 5 atom stereocenters. The zero-order valence-corrected chi connectivity index (χ0v) is 32.9. The highest BCUT2D eigenvalue weighted by molar-refractivity contribution is 8.00. The Kier molecular flexibility index (Phi) is 10.7. The van der Waals surface area contributed by atoms with Gasteiger partial charge in [0.15, 0.2) is 0 Å². The first-order valence-corrected chi connectivity index (χ1v) is 20.0. The molecule has 0 radical (unpaired) electrons. The van der Waals surface area contributed by atoms with Crippen molar-refractivity contribution in [3.8, 4) is 23.1 Å². The third kappa shape index (κ3) is 7.09. The number of hydrogen-bond acceptors (Lipinski definition) is 6. The molecule has 0 saturated carbocycles. The summed E-state index contributed by atoms with van der Waals surface area (Å²) < 4.78 is -0.458. The van der Waals surface area contributed by atoms with E-state index in [1.54, 1.807) is 11.8 Å². The van der Waals surface area contributed by atoms with Gasteiger partial charge in [0, 0.05) is 30.1 Å². The van der Waals surface area contributed by atoms with E-state index in [0.717, 1.165) is 71.5 Å². The fourth-order valence-corrected chi connectivity index (χ4v) is 8.57. The van der Waals surface area contributed by atoms with Gasteiger partial charge in [0.25, 0.3) is 0 Å². The molecule has 0 aliphatic carbocycles. The van der Waals surface area contributed by atoms with Gasteiger partial charge in [-0.15, -0.1) is 24.4 Å². The third-order valence-corrected chi connectivity index (χ3v) is 13.8. The van der Waals surface area contributed by atoms with E-state index in [9.17, 15) is 9.59 Å². The first-order valence-electron chi connectivity index (χ1n) is 18.3. The van der Waals surface area contributed by atoms with Crippen LogP contribution in [0.15, 0.2) is 48.7 Å². The Bertz CT molecular complexity index is 1960. The van der Waals surface area contributed by atoms with E-state index >= 15 is 0 Å². The number of carbonyl (C=O) groups excluding carboxylic acids is 2. The molecule has 0 spiro atoms. The summed E-state index contributed by atoms with van der Waals surface area (Å²) in [4.78, 5) is 47.1. The average Bonchev–Trinajstić information content (AvgIpc) is 3.95. The van der Waals surface area contributed by atoms with E-state index < -0.39 is 9.62 Å². The van der Waals surface area contributed by atoms with Crippen molar-refractivity contribution in [2.24, 2.45) is 23.7 Å². The first kappa shape index (κ1) is 37.1. The van der Waals surface area contributed by atoms with Crippen LogP contribution in [0, 0.1) is 35.5 Å². The number of benzene rings is 2. The summed E-state index contributed by atoms with van der Waals surface area (Å²) in [6.07, 6.45) is 7.42. The van der Waals surface area contributed by atoms with Gasteiger partial charge in [-0.05, 0) is 92.5 Å². The molecule has 2 aromatic carbocycles. The Hall–Kier alpha value is -3.68. The number of hydrogen-bond donors (Lipinski definition) is 3. The van der Waals surface area contributed by atoms with Gasteiger partial charge in [-0.1, -0.05) is 65.5 Å². The predicted octanol–water partition coefficient (Wildman–Crippen LogP) is 8.43. The van der Waals surface area contributed by atoms with Gasteiger partial charge in [0.2, 0.25) is 11.8 Å². The summed E-state index contributed by atoms with van der Waals surface area (Å²) in [5, 5.41) is 0. The van der Waals surface area contributed by atoms with Crippen LogP contribution in [0.4, 0.5) is 0 Å². The highest BCUT2D eigenvalue weighted by Gasteiger charge is 2.46. The van der Waals surface area contributed by atoms with Gasteiger partial charge >= 0.3 is 0 Å². The number of H-pyrrole nitrogens is 2. The topological polar surface area (TPSA) is 98.0 Å². The van der Waals surface area contributed by atoms with Crippen LogP contribution in [0.1, 0.15) is 103 Å². The van der Waals surface area contributed by atoms with Crippen LogP contribution >= 0.6 is 24.4 Å². The Morgan fingerprint density at radius 2 is 1.71 bits per heavy atom. The molecule has 4 aromatic rings. The summed E-state index contributed by atoms with van der Waals surface area (Å²) >= 11 is 6.73. The minimum Gasteiger partial charge on any atom is -0.340 e. The normalized spacial score (nSPS) is 21.6. The minimum atomic E-state index is -0.763. The van der Waals surface area contributed by atoms with Crippen molar-refractivity contribution in [1.29, 1.82) is 0 Å². The van der Waals surface area contributed by atoms with E-state index in [2.05, 4.69) is 75.5 Å². The van der Waals surface area contributed by atoms with Gasteiger partial charge in [-0.3, -0.25) is 9.59 Å². The second kappa shape index (κ2) is 14.7. The number of rotatable bonds is 9. The second-order valence-corrected chi connectivity index (χ2v) is 17.2. The van der Waals surface area contributed by atoms with E-state index in [4.69, 9.17) is 22.6 Å².